The molecule has 18 heavy (non-hydrogen) atoms. The molecule has 4 nitrogen and oxygen atoms in total. The number of nitrogens with zero attached hydrogens (tertiary/aromatic N) is 1. The van der Waals surface area contributed by atoms with Crippen molar-refractivity contribution in [3.8, 4) is 6.07 Å². The number of carbonyl (C=O) groups is 1. The lowest BCUT2D eigenvalue weighted by Gasteiger charge is -2.26. The summed E-state index contributed by atoms with van der Waals surface area (Å²) in [6.45, 7) is 2.81. The van der Waals surface area contributed by atoms with E-state index in [1.807, 2.05) is 19.1 Å². The zero-order valence-corrected chi connectivity index (χ0v) is 10.4. The van der Waals surface area contributed by atoms with Crippen LogP contribution in [-0.2, 0) is 4.79 Å². The van der Waals surface area contributed by atoms with Gasteiger partial charge in [-0.25, -0.2) is 0 Å². The molecule has 1 amide bonds. The van der Waals surface area contributed by atoms with Crippen LogP contribution in [0, 0.1) is 11.3 Å². The van der Waals surface area contributed by atoms with E-state index >= 15 is 0 Å². The Morgan fingerprint density at radius 3 is 2.78 bits per heavy atom. The van der Waals surface area contributed by atoms with Gasteiger partial charge in [-0.3, -0.25) is 10.1 Å². The van der Waals surface area contributed by atoms with Crippen molar-refractivity contribution in [3.63, 3.8) is 0 Å². The number of hydrogen-bond donors (Lipinski definition) is 2. The molecule has 0 radical (unpaired) electrons. The number of rotatable bonds is 3. The van der Waals surface area contributed by atoms with Gasteiger partial charge in [-0.2, -0.15) is 5.26 Å². The first-order chi connectivity index (χ1) is 8.70. The Morgan fingerprint density at radius 1 is 1.44 bits per heavy atom. The summed E-state index contributed by atoms with van der Waals surface area (Å²) in [5.74, 6) is 0.0849. The molecular formula is C14H17N3O. The second kappa shape index (κ2) is 5.65. The van der Waals surface area contributed by atoms with Gasteiger partial charge in [0, 0.05) is 12.6 Å². The Labute approximate surface area is 107 Å². The van der Waals surface area contributed by atoms with Gasteiger partial charge in [-0.05, 0) is 37.5 Å². The lowest BCUT2D eigenvalue weighted by atomic mass is 10.0. The van der Waals surface area contributed by atoms with Crippen molar-refractivity contribution in [2.45, 2.75) is 31.8 Å². The summed E-state index contributed by atoms with van der Waals surface area (Å²) in [7, 11) is 0. The SMILES string of the molecule is CC(NC1CCCNC1=O)c1ccc(C#N)cc1. The maximum Gasteiger partial charge on any atom is 0.237 e. The third-order valence-corrected chi connectivity index (χ3v) is 3.28. The molecule has 0 bridgehead atoms. The lowest BCUT2D eigenvalue weighted by Crippen LogP contribution is -2.48. The first-order valence-corrected chi connectivity index (χ1v) is 6.24. The van der Waals surface area contributed by atoms with Gasteiger partial charge in [-0.15, -0.1) is 0 Å². The number of nitriles is 1. The fourth-order valence-electron chi connectivity index (χ4n) is 2.18. The quantitative estimate of drug-likeness (QED) is 0.845. The smallest absolute Gasteiger partial charge is 0.237 e. The third-order valence-electron chi connectivity index (χ3n) is 3.28. The molecule has 2 atom stereocenters. The summed E-state index contributed by atoms with van der Waals surface area (Å²) in [5, 5.41) is 14.9. The Kier molecular flexibility index (Phi) is 3.96. The minimum absolute atomic E-state index is 0.0849. The number of carbonyl (C=O) groups excluding carboxylic acids is 1. The van der Waals surface area contributed by atoms with Gasteiger partial charge in [-0.1, -0.05) is 12.1 Å². The molecule has 2 rings (SSSR count). The average Bonchev–Trinajstić information content (AvgIpc) is 2.41. The molecule has 0 aliphatic carbocycles. The maximum atomic E-state index is 11.6. The van der Waals surface area contributed by atoms with Gasteiger partial charge in [0.05, 0.1) is 17.7 Å². The third kappa shape index (κ3) is 2.88. The second-order valence-corrected chi connectivity index (χ2v) is 4.61. The molecule has 1 aromatic rings. The molecule has 4 heteroatoms. The Balaban J connectivity index is 2.00. The van der Waals surface area contributed by atoms with Crippen molar-refractivity contribution in [3.05, 3.63) is 35.4 Å². The highest BCUT2D eigenvalue weighted by atomic mass is 16.2. The monoisotopic (exact) mass is 243 g/mol. The van der Waals surface area contributed by atoms with Crippen LogP contribution >= 0.6 is 0 Å². The van der Waals surface area contributed by atoms with Crippen LogP contribution in [0.2, 0.25) is 0 Å². The Hall–Kier alpha value is -1.86. The molecule has 1 aliphatic rings. The van der Waals surface area contributed by atoms with E-state index in [1.165, 1.54) is 0 Å². The molecule has 1 fully saturated rings. The zero-order chi connectivity index (χ0) is 13.0. The second-order valence-electron chi connectivity index (χ2n) is 4.61. The molecule has 2 N–H and O–H groups in total. The van der Waals surface area contributed by atoms with Crippen molar-refractivity contribution >= 4 is 5.91 Å². The molecule has 1 heterocycles. The number of nitrogens with one attached hydrogen (secondary N) is 2. The van der Waals surface area contributed by atoms with E-state index in [4.69, 9.17) is 5.26 Å². The fourth-order valence-corrected chi connectivity index (χ4v) is 2.18. The summed E-state index contributed by atoms with van der Waals surface area (Å²) in [5.41, 5.74) is 1.74. The highest BCUT2D eigenvalue weighted by Crippen LogP contribution is 2.15. The molecule has 94 valence electrons. The predicted molar refractivity (Wildman–Crippen MR) is 68.7 cm³/mol. The van der Waals surface area contributed by atoms with Crippen LogP contribution in [0.5, 0.6) is 0 Å². The maximum absolute atomic E-state index is 11.6. The number of hydrogen-bond acceptors (Lipinski definition) is 3. The van der Waals surface area contributed by atoms with E-state index in [2.05, 4.69) is 16.7 Å². The van der Waals surface area contributed by atoms with Crippen molar-refractivity contribution in [2.75, 3.05) is 6.54 Å². The predicted octanol–water partition coefficient (Wildman–Crippen LogP) is 1.49. The summed E-state index contributed by atoms with van der Waals surface area (Å²) < 4.78 is 0. The first kappa shape index (κ1) is 12.6. The summed E-state index contributed by atoms with van der Waals surface area (Å²) >= 11 is 0. The van der Waals surface area contributed by atoms with Gasteiger partial charge < -0.3 is 5.32 Å². The van der Waals surface area contributed by atoms with Gasteiger partial charge in [0.2, 0.25) is 5.91 Å². The summed E-state index contributed by atoms with van der Waals surface area (Å²) in [6.07, 6.45) is 1.90. The number of piperidine rings is 1. The normalized spacial score (nSPS) is 20.9. The van der Waals surface area contributed by atoms with Gasteiger partial charge in [0.25, 0.3) is 0 Å². The minimum Gasteiger partial charge on any atom is -0.355 e. The standard InChI is InChI=1S/C14H17N3O/c1-10(12-6-4-11(9-15)5-7-12)17-13-3-2-8-16-14(13)18/h4-7,10,13,17H,2-3,8H2,1H3,(H,16,18). The molecular weight excluding hydrogens is 226 g/mol. The van der Waals surface area contributed by atoms with Gasteiger partial charge in [0.15, 0.2) is 0 Å². The van der Waals surface area contributed by atoms with E-state index in [-0.39, 0.29) is 18.0 Å². The highest BCUT2D eigenvalue weighted by Gasteiger charge is 2.23. The average molecular weight is 243 g/mol. The van der Waals surface area contributed by atoms with E-state index in [0.717, 1.165) is 24.9 Å². The Bertz CT molecular complexity index is 461. The number of benzene rings is 1. The van der Waals surface area contributed by atoms with Crippen LogP contribution in [0.1, 0.15) is 36.9 Å². The van der Waals surface area contributed by atoms with Gasteiger partial charge in [0.1, 0.15) is 0 Å². The van der Waals surface area contributed by atoms with E-state index in [1.54, 1.807) is 12.1 Å². The van der Waals surface area contributed by atoms with Crippen LogP contribution in [0.3, 0.4) is 0 Å². The molecule has 1 aromatic carbocycles. The van der Waals surface area contributed by atoms with Crippen molar-refractivity contribution in [1.29, 1.82) is 5.26 Å². The van der Waals surface area contributed by atoms with Crippen molar-refractivity contribution in [2.24, 2.45) is 0 Å². The lowest BCUT2D eigenvalue weighted by molar-refractivity contribution is -0.124. The summed E-state index contributed by atoms with van der Waals surface area (Å²) in [4.78, 5) is 11.6. The topological polar surface area (TPSA) is 64.9 Å². The van der Waals surface area contributed by atoms with Gasteiger partial charge >= 0.3 is 0 Å². The van der Waals surface area contributed by atoms with Crippen LogP contribution in [-0.4, -0.2) is 18.5 Å². The number of amides is 1. The first-order valence-electron chi connectivity index (χ1n) is 6.24. The molecule has 0 aromatic heterocycles. The van der Waals surface area contributed by atoms with Crippen LogP contribution in [0.4, 0.5) is 0 Å². The van der Waals surface area contributed by atoms with Crippen LogP contribution in [0.15, 0.2) is 24.3 Å². The van der Waals surface area contributed by atoms with Crippen LogP contribution in [0.25, 0.3) is 0 Å². The summed E-state index contributed by atoms with van der Waals surface area (Å²) in [6, 6.07) is 9.55. The van der Waals surface area contributed by atoms with E-state index in [0.29, 0.717) is 5.56 Å². The molecule has 0 spiro atoms. The molecule has 1 saturated heterocycles. The molecule has 1 aliphatic heterocycles. The van der Waals surface area contributed by atoms with E-state index in [9.17, 15) is 4.79 Å². The fraction of sp³-hybridized carbons (Fsp3) is 0.429. The minimum atomic E-state index is -0.107. The molecule has 2 unspecified atom stereocenters. The van der Waals surface area contributed by atoms with Crippen LogP contribution < -0.4 is 10.6 Å². The van der Waals surface area contributed by atoms with Crippen molar-refractivity contribution in [1.82, 2.24) is 10.6 Å². The Morgan fingerprint density at radius 2 is 2.17 bits per heavy atom. The largest absolute Gasteiger partial charge is 0.355 e. The molecule has 0 saturated carbocycles. The zero-order valence-electron chi connectivity index (χ0n) is 10.4. The van der Waals surface area contributed by atoms with E-state index < -0.39 is 0 Å². The highest BCUT2D eigenvalue weighted by molar-refractivity contribution is 5.82. The van der Waals surface area contributed by atoms with Crippen molar-refractivity contribution < 1.29 is 4.79 Å².